The number of benzene rings is 1. The van der Waals surface area contributed by atoms with Crippen molar-refractivity contribution in [2.24, 2.45) is 5.92 Å². The molecule has 4 heterocycles. The molecule has 0 N–H and O–H groups in total. The normalized spacial score (nSPS) is 22.6. The highest BCUT2D eigenvalue weighted by Gasteiger charge is 2.37. The lowest BCUT2D eigenvalue weighted by Gasteiger charge is -2.36. The molecule has 5 nitrogen and oxygen atoms in total. The average Bonchev–Trinajstić information content (AvgIpc) is 3.00. The van der Waals surface area contributed by atoms with E-state index in [0.717, 1.165) is 43.9 Å². The van der Waals surface area contributed by atoms with Gasteiger partial charge in [-0.25, -0.2) is 0 Å². The van der Waals surface area contributed by atoms with E-state index in [-0.39, 0.29) is 12.5 Å². The van der Waals surface area contributed by atoms with E-state index in [1.54, 1.807) is 0 Å². The molecule has 0 aliphatic carbocycles. The van der Waals surface area contributed by atoms with Crippen LogP contribution in [0.15, 0.2) is 54.7 Å². The Kier molecular flexibility index (Phi) is 5.80. The first-order valence-corrected chi connectivity index (χ1v) is 9.81. The first-order chi connectivity index (χ1) is 13.3. The van der Waals surface area contributed by atoms with Crippen molar-refractivity contribution < 1.29 is 9.53 Å². The number of nitrogens with zero attached hydrogens (tertiary/aromatic N) is 3. The number of rotatable bonds is 6. The Morgan fingerprint density at radius 3 is 2.70 bits per heavy atom. The summed E-state index contributed by atoms with van der Waals surface area (Å²) in [4.78, 5) is 21.7. The molecule has 0 unspecified atom stereocenters. The van der Waals surface area contributed by atoms with Crippen molar-refractivity contribution in [3.63, 3.8) is 0 Å². The van der Waals surface area contributed by atoms with Crippen LogP contribution in [0.5, 0.6) is 0 Å². The van der Waals surface area contributed by atoms with Gasteiger partial charge in [0.25, 0.3) is 0 Å². The minimum atomic E-state index is 0.125. The predicted molar refractivity (Wildman–Crippen MR) is 104 cm³/mol. The summed E-state index contributed by atoms with van der Waals surface area (Å²) in [5.41, 5.74) is 2.20. The quantitative estimate of drug-likeness (QED) is 0.790. The number of hydrogen-bond acceptors (Lipinski definition) is 4. The van der Waals surface area contributed by atoms with Crippen molar-refractivity contribution in [2.45, 2.75) is 32.0 Å². The van der Waals surface area contributed by atoms with Gasteiger partial charge in [0.15, 0.2) is 0 Å². The molecule has 3 fully saturated rings. The summed E-state index contributed by atoms with van der Waals surface area (Å²) >= 11 is 0. The predicted octanol–water partition coefficient (Wildman–Crippen LogP) is 2.72. The van der Waals surface area contributed by atoms with Crippen molar-refractivity contribution in [3.05, 3.63) is 66.0 Å². The first kappa shape index (κ1) is 18.1. The second-order valence-corrected chi connectivity index (χ2v) is 7.64. The summed E-state index contributed by atoms with van der Waals surface area (Å²) in [7, 11) is 0. The van der Waals surface area contributed by atoms with Crippen LogP contribution in [-0.4, -0.2) is 53.0 Å². The van der Waals surface area contributed by atoms with E-state index in [0.29, 0.717) is 18.6 Å². The zero-order valence-corrected chi connectivity index (χ0v) is 15.7. The van der Waals surface area contributed by atoms with E-state index in [4.69, 9.17) is 4.74 Å². The van der Waals surface area contributed by atoms with Crippen molar-refractivity contribution in [1.29, 1.82) is 0 Å². The third-order valence-corrected chi connectivity index (χ3v) is 5.56. The van der Waals surface area contributed by atoms with Crippen LogP contribution < -0.4 is 0 Å². The minimum absolute atomic E-state index is 0.125. The van der Waals surface area contributed by atoms with Crippen LogP contribution >= 0.6 is 0 Å². The molecule has 27 heavy (non-hydrogen) atoms. The zero-order chi connectivity index (χ0) is 18.5. The Morgan fingerprint density at radius 1 is 1.04 bits per heavy atom. The molecule has 0 radical (unpaired) electrons. The molecule has 142 valence electrons. The molecule has 2 bridgehead atoms. The van der Waals surface area contributed by atoms with Crippen molar-refractivity contribution in [1.82, 2.24) is 14.8 Å². The summed E-state index contributed by atoms with van der Waals surface area (Å²) in [6.07, 6.45) is 4.15. The number of fused-ring (bicyclic) bond motifs is 4. The fourth-order valence-electron chi connectivity index (χ4n) is 4.25. The van der Waals surface area contributed by atoms with Gasteiger partial charge in [-0.2, -0.15) is 0 Å². The SMILES string of the molecule is O=C(COCc1ccccc1)N1C[C@H]2CC[C@@H]1CN(Cc1ccccn1)C2. The summed E-state index contributed by atoms with van der Waals surface area (Å²) in [6.45, 7) is 4.34. The van der Waals surface area contributed by atoms with E-state index < -0.39 is 0 Å². The molecule has 1 aromatic heterocycles. The molecule has 1 amide bonds. The summed E-state index contributed by atoms with van der Waals surface area (Å²) in [5.74, 6) is 0.672. The number of piperidine rings is 1. The fourth-order valence-corrected chi connectivity index (χ4v) is 4.25. The highest BCUT2D eigenvalue weighted by molar-refractivity contribution is 5.78. The smallest absolute Gasteiger partial charge is 0.248 e. The topological polar surface area (TPSA) is 45.7 Å². The molecule has 3 aliphatic rings. The lowest BCUT2D eigenvalue weighted by molar-refractivity contribution is -0.140. The van der Waals surface area contributed by atoms with Crippen LogP contribution in [-0.2, 0) is 22.7 Å². The summed E-state index contributed by atoms with van der Waals surface area (Å²) in [5, 5.41) is 0. The monoisotopic (exact) mass is 365 g/mol. The van der Waals surface area contributed by atoms with Crippen LogP contribution in [0.25, 0.3) is 0 Å². The standard InChI is InChI=1S/C22H27N3O2/c26-22(17-27-16-18-6-2-1-3-7-18)25-13-19-9-10-21(25)15-24(12-19)14-20-8-4-5-11-23-20/h1-8,11,19,21H,9-10,12-17H2/t19-,21+/m0/s1. The van der Waals surface area contributed by atoms with Crippen LogP contribution in [0.3, 0.4) is 0 Å². The van der Waals surface area contributed by atoms with E-state index in [1.165, 1.54) is 6.42 Å². The van der Waals surface area contributed by atoms with Crippen molar-refractivity contribution in [3.8, 4) is 0 Å². The van der Waals surface area contributed by atoms with E-state index in [1.807, 2.05) is 48.7 Å². The molecule has 0 spiro atoms. The number of carbonyl (C=O) groups is 1. The number of pyridine rings is 1. The van der Waals surface area contributed by atoms with Gasteiger partial charge in [0, 0.05) is 38.4 Å². The number of carbonyl (C=O) groups excluding carboxylic acids is 1. The van der Waals surface area contributed by atoms with E-state index >= 15 is 0 Å². The van der Waals surface area contributed by atoms with Gasteiger partial charge >= 0.3 is 0 Å². The molecular formula is C22H27N3O2. The van der Waals surface area contributed by atoms with E-state index in [2.05, 4.69) is 20.9 Å². The van der Waals surface area contributed by atoms with Gasteiger partial charge in [-0.3, -0.25) is 14.7 Å². The molecule has 0 saturated carbocycles. The number of aromatic nitrogens is 1. The Labute approximate surface area is 161 Å². The van der Waals surface area contributed by atoms with Crippen LogP contribution in [0, 0.1) is 5.92 Å². The van der Waals surface area contributed by atoms with Gasteiger partial charge in [-0.15, -0.1) is 0 Å². The molecular weight excluding hydrogens is 338 g/mol. The van der Waals surface area contributed by atoms with Crippen LogP contribution in [0.1, 0.15) is 24.1 Å². The third kappa shape index (κ3) is 4.73. The minimum Gasteiger partial charge on any atom is -0.367 e. The maximum atomic E-state index is 12.8. The third-order valence-electron chi connectivity index (χ3n) is 5.56. The maximum absolute atomic E-state index is 12.8. The van der Waals surface area contributed by atoms with Gasteiger partial charge in [-0.1, -0.05) is 36.4 Å². The lowest BCUT2D eigenvalue weighted by Crippen LogP contribution is -2.48. The Hall–Kier alpha value is -2.24. The van der Waals surface area contributed by atoms with E-state index in [9.17, 15) is 4.79 Å². The van der Waals surface area contributed by atoms with Gasteiger partial charge < -0.3 is 9.64 Å². The molecule has 2 aromatic rings. The van der Waals surface area contributed by atoms with Crippen LogP contribution in [0.2, 0.25) is 0 Å². The summed E-state index contributed by atoms with van der Waals surface area (Å²) in [6, 6.07) is 16.4. The lowest BCUT2D eigenvalue weighted by atomic mass is 9.95. The second-order valence-electron chi connectivity index (χ2n) is 7.64. The van der Waals surface area contributed by atoms with Gasteiger partial charge in [0.1, 0.15) is 6.61 Å². The van der Waals surface area contributed by atoms with Gasteiger partial charge in [0.05, 0.1) is 12.3 Å². The second kappa shape index (κ2) is 8.63. The number of hydrogen-bond donors (Lipinski definition) is 0. The fraction of sp³-hybridized carbons (Fsp3) is 0.455. The highest BCUT2D eigenvalue weighted by atomic mass is 16.5. The molecule has 5 heteroatoms. The van der Waals surface area contributed by atoms with Crippen molar-refractivity contribution in [2.75, 3.05) is 26.2 Å². The largest absolute Gasteiger partial charge is 0.367 e. The Bertz CT molecular complexity index is 738. The number of amides is 1. The Balaban J connectivity index is 1.32. The Morgan fingerprint density at radius 2 is 1.89 bits per heavy atom. The molecule has 2 atom stereocenters. The van der Waals surface area contributed by atoms with Crippen molar-refractivity contribution >= 4 is 5.91 Å². The van der Waals surface area contributed by atoms with Gasteiger partial charge in [0.2, 0.25) is 5.91 Å². The number of ether oxygens (including phenoxy) is 1. The molecule has 5 rings (SSSR count). The molecule has 1 aromatic carbocycles. The maximum Gasteiger partial charge on any atom is 0.248 e. The van der Waals surface area contributed by atoms with Gasteiger partial charge in [-0.05, 0) is 36.5 Å². The molecule has 3 saturated heterocycles. The van der Waals surface area contributed by atoms with Crippen LogP contribution in [0.4, 0.5) is 0 Å². The highest BCUT2D eigenvalue weighted by Crippen LogP contribution is 2.28. The molecule has 3 aliphatic heterocycles. The first-order valence-electron chi connectivity index (χ1n) is 9.81. The summed E-state index contributed by atoms with van der Waals surface area (Å²) < 4.78 is 5.69. The zero-order valence-electron chi connectivity index (χ0n) is 15.7. The average molecular weight is 365 g/mol.